The minimum Gasteiger partial charge on any atom is -0.859 e. The highest BCUT2D eigenvalue weighted by molar-refractivity contribution is 6.30. The fourth-order valence-corrected chi connectivity index (χ4v) is 1.45. The summed E-state index contributed by atoms with van der Waals surface area (Å²) < 4.78 is 0. The summed E-state index contributed by atoms with van der Waals surface area (Å²) >= 11 is 5.62. The van der Waals surface area contributed by atoms with Crippen molar-refractivity contribution in [2.75, 3.05) is 0 Å². The molecule has 0 saturated heterocycles. The molecule has 0 saturated carbocycles. The molecule has 0 spiro atoms. The van der Waals surface area contributed by atoms with Gasteiger partial charge >= 0.3 is 5.69 Å². The van der Waals surface area contributed by atoms with Crippen LogP contribution in [-0.2, 0) is 0 Å². The summed E-state index contributed by atoms with van der Waals surface area (Å²) in [5, 5.41) is 26.0. The fraction of sp³-hybridized carbons (Fsp3) is 0.0714. The highest BCUT2D eigenvalue weighted by Crippen LogP contribution is 2.22. The third-order valence-electron chi connectivity index (χ3n) is 2.31. The van der Waals surface area contributed by atoms with Gasteiger partial charge in [-0.25, -0.2) is 0 Å². The lowest BCUT2D eigenvalue weighted by atomic mass is 10.2. The van der Waals surface area contributed by atoms with Crippen LogP contribution < -0.4 is 5.11 Å². The number of diazo groups is 1. The maximum atomic E-state index is 10.3. The van der Waals surface area contributed by atoms with Gasteiger partial charge in [0.2, 0.25) is 5.39 Å². The molecule has 0 aliphatic rings. The van der Waals surface area contributed by atoms with E-state index in [4.69, 9.17) is 22.4 Å². The van der Waals surface area contributed by atoms with E-state index in [1.54, 1.807) is 42.5 Å². The Morgan fingerprint density at radius 3 is 2.26 bits per heavy atom. The first-order valence-corrected chi connectivity index (χ1v) is 5.84. The van der Waals surface area contributed by atoms with Crippen LogP contribution in [0.4, 0.5) is 5.69 Å². The summed E-state index contributed by atoms with van der Waals surface area (Å²) in [6.45, 7) is 1.85. The number of nitrogens with one attached hydrogen (secondary N) is 1. The highest BCUT2D eigenvalue weighted by atomic mass is 35.5. The normalized spacial score (nSPS) is 8.89. The van der Waals surface area contributed by atoms with Gasteiger partial charge in [-0.15, -0.1) is 0 Å². The van der Waals surface area contributed by atoms with E-state index in [1.165, 1.54) is 0 Å². The Hall–Kier alpha value is -2.38. The van der Waals surface area contributed by atoms with Crippen molar-refractivity contribution in [3.8, 4) is 0 Å². The molecular formula is C14H12ClN3O. The van der Waals surface area contributed by atoms with E-state index < -0.39 is 5.90 Å². The number of aryl methyl sites for hydroxylation is 1. The number of halogens is 1. The SMILES string of the molecule is Cc1ccc(Cl)cc1[N+]#N.N=C([O-])c1ccccc1. The maximum absolute atomic E-state index is 10.3. The van der Waals surface area contributed by atoms with Crippen LogP contribution in [0, 0.1) is 17.7 Å². The molecule has 0 radical (unpaired) electrons. The van der Waals surface area contributed by atoms with Gasteiger partial charge in [0.05, 0.1) is 6.07 Å². The monoisotopic (exact) mass is 273 g/mol. The van der Waals surface area contributed by atoms with E-state index in [-0.39, 0.29) is 0 Å². The molecule has 0 aliphatic heterocycles. The Morgan fingerprint density at radius 1 is 1.21 bits per heavy atom. The number of hydrogen-bond acceptors (Lipinski definition) is 3. The van der Waals surface area contributed by atoms with E-state index in [2.05, 4.69) is 4.98 Å². The van der Waals surface area contributed by atoms with Gasteiger partial charge in [-0.1, -0.05) is 41.9 Å². The molecular weight excluding hydrogens is 262 g/mol. The summed E-state index contributed by atoms with van der Waals surface area (Å²) in [5.74, 6) is -0.629. The second-order valence-corrected chi connectivity index (χ2v) is 4.16. The van der Waals surface area contributed by atoms with Crippen LogP contribution in [0.3, 0.4) is 0 Å². The molecule has 5 heteroatoms. The Bertz CT molecular complexity index is 606. The summed E-state index contributed by atoms with van der Waals surface area (Å²) in [7, 11) is 0. The van der Waals surface area contributed by atoms with Crippen molar-refractivity contribution in [1.82, 2.24) is 0 Å². The minimum absolute atomic E-state index is 0.442. The summed E-state index contributed by atoms with van der Waals surface area (Å²) in [5.41, 5.74) is 1.87. The predicted molar refractivity (Wildman–Crippen MR) is 74.2 cm³/mol. The minimum atomic E-state index is -0.629. The first-order chi connectivity index (χ1) is 9.04. The Kier molecular flexibility index (Phi) is 5.52. The van der Waals surface area contributed by atoms with Crippen LogP contribution in [-0.4, -0.2) is 5.90 Å². The molecule has 0 unspecified atom stereocenters. The van der Waals surface area contributed by atoms with Crippen LogP contribution in [0.2, 0.25) is 5.02 Å². The van der Waals surface area contributed by atoms with Gasteiger partial charge < -0.3 is 10.5 Å². The third kappa shape index (κ3) is 4.78. The zero-order valence-electron chi connectivity index (χ0n) is 10.3. The highest BCUT2D eigenvalue weighted by Gasteiger charge is 2.08. The van der Waals surface area contributed by atoms with Crippen molar-refractivity contribution in [1.29, 1.82) is 10.8 Å². The van der Waals surface area contributed by atoms with Crippen molar-refractivity contribution in [3.05, 3.63) is 69.7 Å². The van der Waals surface area contributed by atoms with E-state index in [9.17, 15) is 5.11 Å². The Labute approximate surface area is 116 Å². The lowest BCUT2D eigenvalue weighted by molar-refractivity contribution is -0.214. The topological polar surface area (TPSA) is 75.1 Å². The van der Waals surface area contributed by atoms with Crippen LogP contribution >= 0.6 is 11.6 Å². The molecule has 0 fully saturated rings. The molecule has 0 amide bonds. The molecule has 19 heavy (non-hydrogen) atoms. The zero-order chi connectivity index (χ0) is 14.3. The van der Waals surface area contributed by atoms with Crippen molar-refractivity contribution in [2.24, 2.45) is 0 Å². The maximum Gasteiger partial charge on any atom is 0.389 e. The summed E-state index contributed by atoms with van der Waals surface area (Å²) in [6.07, 6.45) is 0. The average molecular weight is 274 g/mol. The van der Waals surface area contributed by atoms with Crippen LogP contribution in [0.5, 0.6) is 0 Å². The molecule has 0 atom stereocenters. The fourth-order valence-electron chi connectivity index (χ4n) is 1.28. The van der Waals surface area contributed by atoms with Gasteiger partial charge in [-0.05, 0) is 30.5 Å². The number of rotatable bonds is 1. The van der Waals surface area contributed by atoms with E-state index in [0.717, 1.165) is 5.56 Å². The van der Waals surface area contributed by atoms with Crippen molar-refractivity contribution < 1.29 is 5.11 Å². The van der Waals surface area contributed by atoms with Gasteiger partial charge in [-0.2, -0.15) is 0 Å². The molecule has 2 aromatic carbocycles. The van der Waals surface area contributed by atoms with Crippen LogP contribution in [0.25, 0.3) is 4.98 Å². The van der Waals surface area contributed by atoms with Crippen LogP contribution in [0.15, 0.2) is 48.5 Å². The molecule has 96 valence electrons. The van der Waals surface area contributed by atoms with Crippen molar-refractivity contribution >= 4 is 23.2 Å². The van der Waals surface area contributed by atoms with Gasteiger partial charge in [0, 0.05) is 10.6 Å². The lowest BCUT2D eigenvalue weighted by Crippen LogP contribution is -2.16. The molecule has 0 aliphatic carbocycles. The van der Waals surface area contributed by atoms with E-state index >= 15 is 0 Å². The molecule has 2 rings (SSSR count). The molecule has 4 nitrogen and oxygen atoms in total. The molecule has 2 aromatic rings. The zero-order valence-corrected chi connectivity index (χ0v) is 11.1. The average Bonchev–Trinajstić information content (AvgIpc) is 2.43. The third-order valence-corrected chi connectivity index (χ3v) is 2.55. The second kappa shape index (κ2) is 7.14. The van der Waals surface area contributed by atoms with Gasteiger partial charge in [0.25, 0.3) is 0 Å². The largest absolute Gasteiger partial charge is 0.859 e. The quantitative estimate of drug-likeness (QED) is 0.490. The molecule has 1 N–H and O–H groups in total. The first-order valence-electron chi connectivity index (χ1n) is 5.47. The lowest BCUT2D eigenvalue weighted by Gasteiger charge is -2.04. The van der Waals surface area contributed by atoms with Gasteiger partial charge in [0.1, 0.15) is 0 Å². The van der Waals surface area contributed by atoms with Crippen molar-refractivity contribution in [3.63, 3.8) is 0 Å². The molecule has 0 bridgehead atoms. The first kappa shape index (κ1) is 14.7. The second-order valence-electron chi connectivity index (χ2n) is 3.73. The predicted octanol–water partition coefficient (Wildman–Crippen LogP) is 3.51. The van der Waals surface area contributed by atoms with Gasteiger partial charge in [-0.3, -0.25) is 0 Å². The number of nitrogens with zero attached hydrogens (tertiary/aromatic N) is 2. The molecule has 0 heterocycles. The Morgan fingerprint density at radius 2 is 1.84 bits per heavy atom. The number of hydrogen-bond donors (Lipinski definition) is 1. The van der Waals surface area contributed by atoms with E-state index in [0.29, 0.717) is 16.3 Å². The van der Waals surface area contributed by atoms with Crippen molar-refractivity contribution in [2.45, 2.75) is 6.92 Å². The number of benzene rings is 2. The smallest absolute Gasteiger partial charge is 0.389 e. The standard InChI is InChI=1S/C7H6ClN2.C7H7NO/c1-5-2-3-6(8)4-7(5)10-9;8-7(9)6-4-2-1-3-5-6/h2-4H,1H3;1-5H,(H2,8,9)/q+1;/p-1. The summed E-state index contributed by atoms with van der Waals surface area (Å²) in [6, 6.07) is 13.7. The Balaban J connectivity index is 0.000000191. The van der Waals surface area contributed by atoms with Crippen LogP contribution in [0.1, 0.15) is 11.1 Å². The molecule has 0 aromatic heterocycles. The van der Waals surface area contributed by atoms with E-state index in [1.807, 2.05) is 13.0 Å². The van der Waals surface area contributed by atoms with Gasteiger partial charge in [0.15, 0.2) is 4.98 Å². The summed E-state index contributed by atoms with van der Waals surface area (Å²) in [4.78, 5) is 3.05.